The van der Waals surface area contributed by atoms with Crippen LogP contribution in [0.4, 0.5) is 4.39 Å². The highest BCUT2D eigenvalue weighted by molar-refractivity contribution is 6.90. The van der Waals surface area contributed by atoms with E-state index in [4.69, 9.17) is 0 Å². The minimum Gasteiger partial charge on any atom is -0.341 e. The molecule has 166 valence electrons. The van der Waals surface area contributed by atoms with Crippen molar-refractivity contribution < 1.29 is 9.18 Å². The van der Waals surface area contributed by atoms with Crippen LogP contribution in [0.2, 0.25) is 16.6 Å². The minimum atomic E-state index is -2.06. The van der Waals surface area contributed by atoms with Crippen molar-refractivity contribution in [2.45, 2.75) is 77.6 Å². The molecule has 5 heteroatoms. The highest BCUT2D eigenvalue weighted by Gasteiger charge is 2.41. The summed E-state index contributed by atoms with van der Waals surface area (Å²) in [5.74, 6) is 2.31. The molecule has 1 aromatic carbocycles. The normalized spacial score (nSPS) is 12.1. The summed E-state index contributed by atoms with van der Waals surface area (Å²) in [6.45, 7) is 17.0. The van der Waals surface area contributed by atoms with Crippen molar-refractivity contribution >= 4 is 14.0 Å². The number of nitrogens with one attached hydrogen (secondary N) is 1. The topological polar surface area (TPSA) is 42.0 Å². The summed E-state index contributed by atoms with van der Waals surface area (Å²) in [4.78, 5) is 17.5. The lowest BCUT2D eigenvalue weighted by Crippen LogP contribution is -2.43. The van der Waals surface area contributed by atoms with Crippen LogP contribution in [-0.2, 0) is 5.54 Å². The zero-order valence-electron chi connectivity index (χ0n) is 20.0. The van der Waals surface area contributed by atoms with E-state index in [1.807, 2.05) is 32.0 Å². The Morgan fingerprint density at radius 2 is 1.61 bits per heavy atom. The van der Waals surface area contributed by atoms with Crippen LogP contribution in [-0.4, -0.2) is 19.0 Å². The fourth-order valence-electron chi connectivity index (χ4n) is 4.59. The maximum Gasteiger partial charge on any atom is 0.253 e. The summed E-state index contributed by atoms with van der Waals surface area (Å²) in [7, 11) is -2.06. The Morgan fingerprint density at radius 3 is 2.13 bits per heavy atom. The molecule has 0 unspecified atom stereocenters. The van der Waals surface area contributed by atoms with Gasteiger partial charge in [-0.25, -0.2) is 4.39 Å². The van der Waals surface area contributed by atoms with Crippen molar-refractivity contribution in [3.63, 3.8) is 0 Å². The van der Waals surface area contributed by atoms with Gasteiger partial charge in [-0.3, -0.25) is 9.78 Å². The van der Waals surface area contributed by atoms with Gasteiger partial charge in [-0.1, -0.05) is 59.6 Å². The molecule has 0 atom stereocenters. The fraction of sp³-hybridized carbons (Fsp3) is 0.462. The average molecular weight is 439 g/mol. The molecule has 0 aliphatic rings. The Hall–Kier alpha value is -2.45. The highest BCUT2D eigenvalue weighted by atomic mass is 28.3. The summed E-state index contributed by atoms with van der Waals surface area (Å²) in [6, 6.07) is 10.1. The molecule has 2 rings (SSSR count). The molecule has 3 nitrogen and oxygen atoms in total. The van der Waals surface area contributed by atoms with Gasteiger partial charge in [0.1, 0.15) is 13.9 Å². The maximum absolute atomic E-state index is 14.9. The summed E-state index contributed by atoms with van der Waals surface area (Å²) in [6.07, 6.45) is 1.69. The Kier molecular flexibility index (Phi) is 7.83. The largest absolute Gasteiger partial charge is 0.341 e. The molecule has 31 heavy (non-hydrogen) atoms. The van der Waals surface area contributed by atoms with Gasteiger partial charge in [0, 0.05) is 6.20 Å². The first kappa shape index (κ1) is 24.8. The molecule has 0 bridgehead atoms. The molecule has 1 aromatic heterocycles. The molecule has 1 amide bonds. The third-order valence-corrected chi connectivity index (χ3v) is 12.5. The highest BCUT2D eigenvalue weighted by Crippen LogP contribution is 2.40. The van der Waals surface area contributed by atoms with Crippen molar-refractivity contribution in [1.29, 1.82) is 0 Å². The summed E-state index contributed by atoms with van der Waals surface area (Å²) in [5.41, 5.74) is 5.27. The third-order valence-electron chi connectivity index (χ3n) is 6.26. The van der Waals surface area contributed by atoms with E-state index in [-0.39, 0.29) is 17.0 Å². The van der Waals surface area contributed by atoms with E-state index >= 15 is 0 Å². The van der Waals surface area contributed by atoms with Crippen LogP contribution in [0, 0.1) is 17.3 Å². The van der Waals surface area contributed by atoms with Gasteiger partial charge in [-0.15, -0.1) is 5.54 Å². The van der Waals surface area contributed by atoms with Gasteiger partial charge in [0.15, 0.2) is 0 Å². The van der Waals surface area contributed by atoms with Gasteiger partial charge in [-0.2, -0.15) is 0 Å². The number of amides is 1. The van der Waals surface area contributed by atoms with E-state index in [0.717, 1.165) is 5.69 Å². The van der Waals surface area contributed by atoms with Crippen LogP contribution in [0.15, 0.2) is 42.6 Å². The lowest BCUT2D eigenvalue weighted by molar-refractivity contribution is 0.0909. The van der Waals surface area contributed by atoms with Crippen molar-refractivity contribution in [1.82, 2.24) is 10.3 Å². The van der Waals surface area contributed by atoms with E-state index in [1.54, 1.807) is 18.3 Å². The van der Waals surface area contributed by atoms with Crippen molar-refractivity contribution in [3.05, 3.63) is 65.2 Å². The van der Waals surface area contributed by atoms with E-state index in [9.17, 15) is 9.18 Å². The Morgan fingerprint density at radius 1 is 1.00 bits per heavy atom. The number of carbonyl (C=O) groups is 1. The van der Waals surface area contributed by atoms with E-state index in [1.165, 1.54) is 6.07 Å². The number of rotatable bonds is 6. The lowest BCUT2D eigenvalue weighted by atomic mass is 9.98. The van der Waals surface area contributed by atoms with Gasteiger partial charge >= 0.3 is 0 Å². The van der Waals surface area contributed by atoms with Crippen LogP contribution in [0.5, 0.6) is 0 Å². The first-order valence-electron chi connectivity index (χ1n) is 11.0. The van der Waals surface area contributed by atoms with E-state index < -0.39 is 19.4 Å². The quantitative estimate of drug-likeness (QED) is 0.416. The Bertz CT molecular complexity index is 950. The van der Waals surface area contributed by atoms with E-state index in [2.05, 4.69) is 63.3 Å². The molecular weight excluding hydrogens is 403 g/mol. The van der Waals surface area contributed by atoms with Gasteiger partial charge in [0.2, 0.25) is 0 Å². The molecule has 0 aliphatic carbocycles. The Balaban J connectivity index is 2.50. The second kappa shape index (κ2) is 9.78. The predicted octanol–water partition coefficient (Wildman–Crippen LogP) is 6.46. The van der Waals surface area contributed by atoms with Gasteiger partial charge in [0.05, 0.1) is 22.4 Å². The molecule has 0 saturated carbocycles. The molecule has 1 N–H and O–H groups in total. The van der Waals surface area contributed by atoms with Crippen molar-refractivity contribution in [2.24, 2.45) is 0 Å². The Labute approximate surface area is 187 Å². The number of pyridine rings is 1. The van der Waals surface area contributed by atoms with Crippen molar-refractivity contribution in [2.75, 3.05) is 0 Å². The zero-order chi connectivity index (χ0) is 23.4. The maximum atomic E-state index is 14.9. The van der Waals surface area contributed by atoms with Gasteiger partial charge < -0.3 is 5.32 Å². The molecule has 0 spiro atoms. The summed E-state index contributed by atoms with van der Waals surface area (Å²) in [5, 5.41) is 3.00. The van der Waals surface area contributed by atoms with Crippen LogP contribution in [0.1, 0.15) is 77.0 Å². The van der Waals surface area contributed by atoms with Gasteiger partial charge in [-0.05, 0) is 54.7 Å². The monoisotopic (exact) mass is 438 g/mol. The minimum absolute atomic E-state index is 0.177. The molecule has 0 fully saturated rings. The number of aromatic nitrogens is 1. The second-order valence-electron chi connectivity index (χ2n) is 9.60. The standard InChI is InChI=1S/C26H35FN2OSi/c1-18(2)31(19(3)4,20(5)6)17-15-21-22(12-11-13-23(21)27)25(30)29-26(7,8)24-14-9-10-16-28-24/h9-14,16,18-20H,1-8H3,(H,29,30). The van der Waals surface area contributed by atoms with Crippen molar-refractivity contribution in [3.8, 4) is 11.5 Å². The second-order valence-corrected chi connectivity index (χ2v) is 15.2. The predicted molar refractivity (Wildman–Crippen MR) is 129 cm³/mol. The number of nitrogens with zero attached hydrogens (tertiary/aromatic N) is 1. The average Bonchev–Trinajstić information content (AvgIpc) is 2.68. The molecule has 0 aliphatic heterocycles. The number of hydrogen-bond donors (Lipinski definition) is 1. The fourth-order valence-corrected chi connectivity index (χ4v) is 9.80. The first-order chi connectivity index (χ1) is 14.4. The third kappa shape index (κ3) is 5.24. The number of hydrogen-bond acceptors (Lipinski definition) is 2. The summed E-state index contributed by atoms with van der Waals surface area (Å²) < 4.78 is 14.9. The van der Waals surface area contributed by atoms with Gasteiger partial charge in [0.25, 0.3) is 5.91 Å². The lowest BCUT2D eigenvalue weighted by Gasteiger charge is -2.38. The first-order valence-corrected chi connectivity index (χ1v) is 13.2. The van der Waals surface area contributed by atoms with Crippen LogP contribution in [0.25, 0.3) is 0 Å². The molecule has 1 heterocycles. The molecular formula is C26H35FN2OSi. The molecule has 0 radical (unpaired) electrons. The smallest absolute Gasteiger partial charge is 0.253 e. The van der Waals surface area contributed by atoms with Crippen LogP contribution in [0.3, 0.4) is 0 Å². The van der Waals surface area contributed by atoms with Crippen LogP contribution < -0.4 is 5.32 Å². The summed E-state index contributed by atoms with van der Waals surface area (Å²) >= 11 is 0. The van der Waals surface area contributed by atoms with E-state index in [0.29, 0.717) is 16.6 Å². The number of carbonyl (C=O) groups excluding carboxylic acids is 1. The molecule has 0 saturated heterocycles. The zero-order valence-corrected chi connectivity index (χ0v) is 21.0. The number of halogens is 1. The van der Waals surface area contributed by atoms with Crippen LogP contribution >= 0.6 is 0 Å². The SMILES string of the molecule is CC(C)[Si](C#Cc1c(F)cccc1C(=O)NC(C)(C)c1ccccn1)(C(C)C)C(C)C. The number of benzene rings is 1. The molecule has 2 aromatic rings.